The van der Waals surface area contributed by atoms with Crippen molar-refractivity contribution in [3.05, 3.63) is 29.6 Å². The summed E-state index contributed by atoms with van der Waals surface area (Å²) in [5.74, 6) is 0. The number of nitrogens with zero attached hydrogens (tertiary/aromatic N) is 1. The molecule has 1 aliphatic rings. The lowest BCUT2D eigenvalue weighted by atomic mass is 10.0. The maximum atomic E-state index is 12.6. The lowest BCUT2D eigenvalue weighted by Gasteiger charge is -2.13. The highest BCUT2D eigenvalue weighted by Gasteiger charge is 2.39. The van der Waals surface area contributed by atoms with Crippen LogP contribution in [0, 0.1) is 0 Å². The molecule has 0 atom stereocenters. The second-order valence-corrected chi connectivity index (χ2v) is 4.39. The Labute approximate surface area is 91.7 Å². The normalized spacial score (nSPS) is 18.5. The summed E-state index contributed by atoms with van der Waals surface area (Å²) in [6.45, 7) is 0. The van der Waals surface area contributed by atoms with Gasteiger partial charge in [0.2, 0.25) is 0 Å². The van der Waals surface area contributed by atoms with E-state index in [1.165, 1.54) is 12.4 Å². The van der Waals surface area contributed by atoms with Crippen LogP contribution in [0.1, 0.15) is 30.4 Å². The summed E-state index contributed by atoms with van der Waals surface area (Å²) in [5, 5.41) is 0. The van der Waals surface area contributed by atoms with Gasteiger partial charge in [-0.25, -0.2) is 0 Å². The summed E-state index contributed by atoms with van der Waals surface area (Å²) >= 11 is 0. The molecule has 0 bridgehead atoms. The Morgan fingerprint density at radius 2 is 2.06 bits per heavy atom. The first-order valence-corrected chi connectivity index (χ1v) is 5.20. The van der Waals surface area contributed by atoms with Gasteiger partial charge in [-0.3, -0.25) is 4.98 Å². The Hall–Kier alpha value is -1.10. The van der Waals surface area contributed by atoms with Crippen LogP contribution < -0.4 is 5.73 Å². The molecule has 16 heavy (non-hydrogen) atoms. The molecule has 1 fully saturated rings. The molecule has 1 aliphatic carbocycles. The van der Waals surface area contributed by atoms with Crippen molar-refractivity contribution in [2.24, 2.45) is 5.73 Å². The Morgan fingerprint density at radius 3 is 2.62 bits per heavy atom. The number of nitrogens with two attached hydrogens (primary N) is 1. The van der Waals surface area contributed by atoms with Gasteiger partial charge in [0, 0.05) is 17.9 Å². The molecule has 2 rings (SSSR count). The van der Waals surface area contributed by atoms with Crippen LogP contribution in [-0.2, 0) is 12.6 Å². The molecule has 0 saturated heterocycles. The first kappa shape index (κ1) is 11.4. The first-order chi connectivity index (χ1) is 7.41. The standard InChI is InChI=1S/C11H13F3N2/c12-11(13,14)9-2-6-16-7-8(9)1-3-10(15)4-5-10/h2,6-7H,1,3-5,15H2. The van der Waals surface area contributed by atoms with Crippen molar-refractivity contribution in [1.82, 2.24) is 4.98 Å². The van der Waals surface area contributed by atoms with E-state index in [4.69, 9.17) is 5.73 Å². The Bertz CT molecular complexity index is 383. The van der Waals surface area contributed by atoms with Gasteiger partial charge in [-0.1, -0.05) is 0 Å². The van der Waals surface area contributed by atoms with E-state index in [0.717, 1.165) is 18.9 Å². The van der Waals surface area contributed by atoms with Gasteiger partial charge in [-0.15, -0.1) is 0 Å². The largest absolute Gasteiger partial charge is 0.416 e. The maximum Gasteiger partial charge on any atom is 0.416 e. The van der Waals surface area contributed by atoms with Crippen molar-refractivity contribution in [2.45, 2.75) is 37.4 Å². The zero-order chi connectivity index (χ0) is 11.8. The number of aromatic nitrogens is 1. The van der Waals surface area contributed by atoms with E-state index in [-0.39, 0.29) is 11.1 Å². The van der Waals surface area contributed by atoms with Gasteiger partial charge in [0.1, 0.15) is 0 Å². The van der Waals surface area contributed by atoms with Crippen molar-refractivity contribution in [1.29, 1.82) is 0 Å². The minimum atomic E-state index is -4.30. The summed E-state index contributed by atoms with van der Waals surface area (Å²) < 4.78 is 37.9. The maximum absolute atomic E-state index is 12.6. The van der Waals surface area contributed by atoms with E-state index in [2.05, 4.69) is 4.98 Å². The van der Waals surface area contributed by atoms with E-state index in [1.54, 1.807) is 0 Å². The molecule has 2 N–H and O–H groups in total. The van der Waals surface area contributed by atoms with Gasteiger partial charge in [-0.05, 0) is 37.3 Å². The second-order valence-electron chi connectivity index (χ2n) is 4.39. The lowest BCUT2D eigenvalue weighted by molar-refractivity contribution is -0.138. The molecule has 1 heterocycles. The molecule has 0 spiro atoms. The number of pyridine rings is 1. The van der Waals surface area contributed by atoms with Crippen LogP contribution in [0.3, 0.4) is 0 Å². The van der Waals surface area contributed by atoms with Crippen LogP contribution in [0.25, 0.3) is 0 Å². The average molecular weight is 230 g/mol. The third-order valence-electron chi connectivity index (χ3n) is 2.99. The summed E-state index contributed by atoms with van der Waals surface area (Å²) in [7, 11) is 0. The van der Waals surface area contributed by atoms with Crippen molar-refractivity contribution < 1.29 is 13.2 Å². The minimum absolute atomic E-state index is 0.224. The molecule has 2 nitrogen and oxygen atoms in total. The Morgan fingerprint density at radius 1 is 1.38 bits per heavy atom. The molecule has 0 unspecified atom stereocenters. The van der Waals surface area contributed by atoms with E-state index in [9.17, 15) is 13.2 Å². The molecule has 5 heteroatoms. The zero-order valence-electron chi connectivity index (χ0n) is 8.72. The van der Waals surface area contributed by atoms with Crippen molar-refractivity contribution in [3.63, 3.8) is 0 Å². The van der Waals surface area contributed by atoms with Crippen LogP contribution in [0.4, 0.5) is 13.2 Å². The van der Waals surface area contributed by atoms with Crippen LogP contribution in [0.15, 0.2) is 18.5 Å². The number of alkyl halides is 3. The molecule has 1 aromatic heterocycles. The fourth-order valence-corrected chi connectivity index (χ4v) is 1.70. The van der Waals surface area contributed by atoms with Crippen LogP contribution >= 0.6 is 0 Å². The van der Waals surface area contributed by atoms with Gasteiger partial charge in [0.25, 0.3) is 0 Å². The number of aryl methyl sites for hydroxylation is 1. The fourth-order valence-electron chi connectivity index (χ4n) is 1.70. The van der Waals surface area contributed by atoms with E-state index in [0.29, 0.717) is 12.8 Å². The predicted octanol–water partition coefficient (Wildman–Crippen LogP) is 2.52. The van der Waals surface area contributed by atoms with Crippen molar-refractivity contribution in [2.75, 3.05) is 0 Å². The van der Waals surface area contributed by atoms with Gasteiger partial charge in [0.05, 0.1) is 5.56 Å². The van der Waals surface area contributed by atoms with Crippen LogP contribution in [0.5, 0.6) is 0 Å². The minimum Gasteiger partial charge on any atom is -0.325 e. The van der Waals surface area contributed by atoms with Crippen molar-refractivity contribution in [3.8, 4) is 0 Å². The monoisotopic (exact) mass is 230 g/mol. The van der Waals surface area contributed by atoms with Crippen LogP contribution in [-0.4, -0.2) is 10.5 Å². The number of hydrogen-bond acceptors (Lipinski definition) is 2. The summed E-state index contributed by atoms with van der Waals surface area (Å²) in [6, 6.07) is 1.02. The molecule has 0 radical (unpaired) electrons. The third kappa shape index (κ3) is 2.52. The number of halogens is 3. The summed E-state index contributed by atoms with van der Waals surface area (Å²) in [5.41, 5.74) is 5.28. The summed E-state index contributed by atoms with van der Waals surface area (Å²) in [6.07, 6.45) is 0.921. The predicted molar refractivity (Wildman–Crippen MR) is 53.7 cm³/mol. The van der Waals surface area contributed by atoms with Crippen LogP contribution in [0.2, 0.25) is 0 Å². The third-order valence-corrected chi connectivity index (χ3v) is 2.99. The summed E-state index contributed by atoms with van der Waals surface area (Å²) in [4.78, 5) is 3.74. The number of hydrogen-bond donors (Lipinski definition) is 1. The Balaban J connectivity index is 2.13. The second kappa shape index (κ2) is 3.73. The molecule has 0 amide bonds. The van der Waals surface area contributed by atoms with E-state index >= 15 is 0 Å². The number of rotatable bonds is 3. The fraction of sp³-hybridized carbons (Fsp3) is 0.545. The molecular formula is C11H13F3N2. The highest BCUT2D eigenvalue weighted by atomic mass is 19.4. The molecule has 1 aromatic rings. The highest BCUT2D eigenvalue weighted by molar-refractivity contribution is 5.26. The molecule has 88 valence electrons. The van der Waals surface area contributed by atoms with E-state index < -0.39 is 11.7 Å². The van der Waals surface area contributed by atoms with Crippen molar-refractivity contribution >= 4 is 0 Å². The highest BCUT2D eigenvalue weighted by Crippen LogP contribution is 2.38. The topological polar surface area (TPSA) is 38.9 Å². The smallest absolute Gasteiger partial charge is 0.325 e. The average Bonchev–Trinajstić information content (AvgIpc) is 2.94. The van der Waals surface area contributed by atoms with Gasteiger partial charge >= 0.3 is 6.18 Å². The van der Waals surface area contributed by atoms with Gasteiger partial charge < -0.3 is 5.73 Å². The lowest BCUT2D eigenvalue weighted by Crippen LogP contribution is -2.22. The van der Waals surface area contributed by atoms with Gasteiger partial charge in [0.15, 0.2) is 0 Å². The quantitative estimate of drug-likeness (QED) is 0.866. The zero-order valence-corrected chi connectivity index (χ0v) is 8.72. The van der Waals surface area contributed by atoms with Gasteiger partial charge in [-0.2, -0.15) is 13.2 Å². The first-order valence-electron chi connectivity index (χ1n) is 5.20. The SMILES string of the molecule is NC1(CCc2cnccc2C(F)(F)F)CC1. The van der Waals surface area contributed by atoms with E-state index in [1.807, 2.05) is 0 Å². The molecule has 0 aliphatic heterocycles. The molecule has 0 aromatic carbocycles. The Kier molecular flexibility index (Phi) is 2.66. The molecular weight excluding hydrogens is 217 g/mol. The molecule has 1 saturated carbocycles.